The molecule has 1 N–H and O–H groups in total. The van der Waals surface area contributed by atoms with Gasteiger partial charge in [0, 0.05) is 5.56 Å². The Bertz CT molecular complexity index is 1060. The van der Waals surface area contributed by atoms with Crippen LogP contribution in [0.5, 0.6) is 0 Å². The molecule has 0 saturated heterocycles. The van der Waals surface area contributed by atoms with Gasteiger partial charge >= 0.3 is 0 Å². The molecule has 1 atom stereocenters. The van der Waals surface area contributed by atoms with Crippen molar-refractivity contribution in [3.05, 3.63) is 52.6 Å². The van der Waals surface area contributed by atoms with Gasteiger partial charge in [0.15, 0.2) is 0 Å². The predicted octanol–water partition coefficient (Wildman–Crippen LogP) is 6.30. The highest BCUT2D eigenvalue weighted by atomic mass is 31.2. The summed E-state index contributed by atoms with van der Waals surface area (Å²) in [6, 6.07) is 9.78. The van der Waals surface area contributed by atoms with E-state index in [1.807, 2.05) is 45.0 Å². The van der Waals surface area contributed by atoms with Crippen molar-refractivity contribution in [3.8, 4) is 11.1 Å². The molecule has 3 rings (SSSR count). The Morgan fingerprint density at radius 3 is 1.76 bits per heavy atom. The van der Waals surface area contributed by atoms with E-state index in [2.05, 4.69) is 41.5 Å². The third kappa shape index (κ3) is 3.64. The summed E-state index contributed by atoms with van der Waals surface area (Å²) in [5.74, 6) is 0. The second-order valence-corrected chi connectivity index (χ2v) is 13.3. The van der Waals surface area contributed by atoms with Crippen molar-refractivity contribution >= 4 is 18.2 Å². The molecule has 3 nitrogen and oxygen atoms in total. The van der Waals surface area contributed by atoms with Crippen molar-refractivity contribution < 1.29 is 14.3 Å². The van der Waals surface area contributed by atoms with Crippen molar-refractivity contribution in [2.45, 2.75) is 78.6 Å². The maximum atomic E-state index is 13.4. The van der Waals surface area contributed by atoms with Gasteiger partial charge in [-0.05, 0) is 56.2 Å². The monoisotopic (exact) mass is 412 g/mol. The number of fused-ring (bicyclic) bond motifs is 3. The maximum absolute atomic E-state index is 13.4. The number of hydrogen-bond acceptors (Lipinski definition) is 2. The fourth-order valence-corrected chi connectivity index (χ4v) is 5.45. The van der Waals surface area contributed by atoms with Gasteiger partial charge in [-0.25, -0.2) is 0 Å². The molecular weight excluding hydrogens is 379 g/mol. The zero-order valence-corrected chi connectivity index (χ0v) is 20.0. The van der Waals surface area contributed by atoms with Crippen molar-refractivity contribution in [2.24, 2.45) is 0 Å². The molecule has 1 aliphatic rings. The Morgan fingerprint density at radius 2 is 1.28 bits per heavy atom. The van der Waals surface area contributed by atoms with Crippen LogP contribution < -0.4 is 5.30 Å². The van der Waals surface area contributed by atoms with Crippen LogP contribution in [0.2, 0.25) is 0 Å². The topological polar surface area (TPSA) is 54.4 Å². The summed E-state index contributed by atoms with van der Waals surface area (Å²) in [5.41, 5.74) is 3.54. The molecule has 29 heavy (non-hydrogen) atoms. The second kappa shape index (κ2) is 6.40. The van der Waals surface area contributed by atoms with Gasteiger partial charge < -0.3 is 4.89 Å². The standard InChI is InChI=1S/C25H33O3P/c1-23(2,3)15-10-11-17-18-12-16(24(4,5)6)13-19(25(7,8)9)21(18)22(26)29(27,28)20(17)14-15/h10-14H,1-9H3,(H,27,28). The lowest BCUT2D eigenvalue weighted by Gasteiger charge is -2.33. The SMILES string of the molecule is CC(C)(C)c1cc2c(c(C(C)(C)C)c1)C(=O)P(=O)(O)c1cc(C(C)(C)C)ccc1-2. The van der Waals surface area contributed by atoms with Crippen LogP contribution in [0.25, 0.3) is 11.1 Å². The average Bonchev–Trinajstić information content (AvgIpc) is 2.56. The molecule has 1 aliphatic heterocycles. The number of rotatable bonds is 0. The van der Waals surface area contributed by atoms with Crippen LogP contribution in [-0.4, -0.2) is 10.4 Å². The first kappa shape index (κ1) is 22.0. The summed E-state index contributed by atoms with van der Waals surface area (Å²) in [6.07, 6.45) is 0. The summed E-state index contributed by atoms with van der Waals surface area (Å²) in [5, 5.41) is 0.272. The predicted molar refractivity (Wildman–Crippen MR) is 122 cm³/mol. The van der Waals surface area contributed by atoms with Crippen LogP contribution in [0.1, 0.15) is 89.4 Å². The number of benzene rings is 2. The molecule has 0 amide bonds. The quantitative estimate of drug-likeness (QED) is 0.517. The van der Waals surface area contributed by atoms with Gasteiger partial charge in [0.25, 0.3) is 12.9 Å². The van der Waals surface area contributed by atoms with Crippen LogP contribution in [-0.2, 0) is 20.8 Å². The third-order valence-corrected chi connectivity index (χ3v) is 7.58. The molecule has 2 aromatic rings. The van der Waals surface area contributed by atoms with Crippen LogP contribution >= 0.6 is 7.37 Å². The minimum atomic E-state index is -4.19. The summed E-state index contributed by atoms with van der Waals surface area (Å²) in [7, 11) is -4.19. The highest BCUT2D eigenvalue weighted by Gasteiger charge is 2.44. The Hall–Kier alpha value is -1.70. The van der Waals surface area contributed by atoms with E-state index < -0.39 is 12.9 Å². The first-order chi connectivity index (χ1) is 13.0. The molecule has 0 bridgehead atoms. The molecule has 1 heterocycles. The van der Waals surface area contributed by atoms with E-state index in [9.17, 15) is 14.3 Å². The molecule has 0 fully saturated rings. The number of hydrogen-bond donors (Lipinski definition) is 1. The van der Waals surface area contributed by atoms with E-state index in [1.54, 1.807) is 6.07 Å². The lowest BCUT2D eigenvalue weighted by molar-refractivity contribution is 0.106. The summed E-state index contributed by atoms with van der Waals surface area (Å²) in [6.45, 7) is 18.8. The maximum Gasteiger partial charge on any atom is 0.298 e. The number of carbonyl (C=O) groups is 1. The first-order valence-corrected chi connectivity index (χ1v) is 11.8. The molecule has 0 aromatic heterocycles. The van der Waals surface area contributed by atoms with Crippen molar-refractivity contribution in [1.29, 1.82) is 0 Å². The Balaban J connectivity index is 2.48. The molecule has 1 unspecified atom stereocenters. The van der Waals surface area contributed by atoms with E-state index in [1.165, 1.54) is 0 Å². The third-order valence-electron chi connectivity index (χ3n) is 5.78. The van der Waals surface area contributed by atoms with Gasteiger partial charge in [0.2, 0.25) is 0 Å². The van der Waals surface area contributed by atoms with E-state index in [4.69, 9.17) is 0 Å². The van der Waals surface area contributed by atoms with Gasteiger partial charge in [-0.15, -0.1) is 0 Å². The Morgan fingerprint density at radius 1 is 0.724 bits per heavy atom. The van der Waals surface area contributed by atoms with Gasteiger partial charge in [-0.2, -0.15) is 0 Å². The molecule has 0 radical (unpaired) electrons. The summed E-state index contributed by atoms with van der Waals surface area (Å²) in [4.78, 5) is 24.3. The normalized spacial score (nSPS) is 19.7. The van der Waals surface area contributed by atoms with E-state index in [0.717, 1.165) is 22.3 Å². The Labute approximate surface area is 175 Å². The fraction of sp³-hybridized carbons (Fsp3) is 0.480. The molecule has 4 heteroatoms. The van der Waals surface area contributed by atoms with Gasteiger partial charge in [-0.3, -0.25) is 9.36 Å². The Kier molecular flexibility index (Phi) is 4.85. The minimum Gasteiger partial charge on any atom is -0.336 e. The van der Waals surface area contributed by atoms with Crippen molar-refractivity contribution in [2.75, 3.05) is 0 Å². The second-order valence-electron chi connectivity index (χ2n) is 11.3. The molecule has 2 aromatic carbocycles. The molecule has 0 aliphatic carbocycles. The lowest BCUT2D eigenvalue weighted by Crippen LogP contribution is -2.28. The first-order valence-electron chi connectivity index (χ1n) is 10.2. The summed E-state index contributed by atoms with van der Waals surface area (Å²) < 4.78 is 13.4. The molecule has 0 saturated carbocycles. The van der Waals surface area contributed by atoms with Crippen molar-refractivity contribution in [3.63, 3.8) is 0 Å². The minimum absolute atomic E-state index is 0.107. The molecule has 0 spiro atoms. The van der Waals surface area contributed by atoms with Crippen LogP contribution in [0.4, 0.5) is 0 Å². The zero-order chi connectivity index (χ0) is 22.2. The smallest absolute Gasteiger partial charge is 0.298 e. The molecule has 156 valence electrons. The van der Waals surface area contributed by atoms with Crippen molar-refractivity contribution in [1.82, 2.24) is 0 Å². The zero-order valence-electron chi connectivity index (χ0n) is 19.1. The summed E-state index contributed by atoms with van der Waals surface area (Å²) >= 11 is 0. The van der Waals surface area contributed by atoms with E-state index in [0.29, 0.717) is 11.1 Å². The largest absolute Gasteiger partial charge is 0.336 e. The van der Waals surface area contributed by atoms with Crippen LogP contribution in [0, 0.1) is 0 Å². The highest BCUT2D eigenvalue weighted by molar-refractivity contribution is 7.83. The lowest BCUT2D eigenvalue weighted by atomic mass is 9.75. The van der Waals surface area contributed by atoms with Gasteiger partial charge in [0.1, 0.15) is 0 Å². The number of carbonyl (C=O) groups excluding carboxylic acids is 1. The van der Waals surface area contributed by atoms with E-state index >= 15 is 0 Å². The van der Waals surface area contributed by atoms with E-state index in [-0.39, 0.29) is 21.5 Å². The fourth-order valence-electron chi connectivity index (χ4n) is 3.85. The average molecular weight is 413 g/mol. The van der Waals surface area contributed by atoms with Gasteiger partial charge in [-0.1, -0.05) is 80.5 Å². The van der Waals surface area contributed by atoms with Crippen LogP contribution in [0.3, 0.4) is 0 Å². The molecular formula is C25H33O3P. The highest BCUT2D eigenvalue weighted by Crippen LogP contribution is 2.54. The van der Waals surface area contributed by atoms with Gasteiger partial charge in [0.05, 0.1) is 5.30 Å². The van der Waals surface area contributed by atoms with Crippen LogP contribution in [0.15, 0.2) is 30.3 Å².